The SMILES string of the molecule is CN1CCC[C@H](c2nnc3n2CCN(C(=O)c2cc4ccc(F)cc4[nH]2)CC3)C1. The average Bonchev–Trinajstić information content (AvgIpc) is 3.25. The molecule has 0 aliphatic carbocycles. The van der Waals surface area contributed by atoms with Crippen LogP contribution >= 0.6 is 0 Å². The molecule has 152 valence electrons. The lowest BCUT2D eigenvalue weighted by molar-refractivity contribution is 0.0753. The highest BCUT2D eigenvalue weighted by atomic mass is 19.1. The van der Waals surface area contributed by atoms with Gasteiger partial charge in [0.05, 0.1) is 0 Å². The number of nitrogens with zero attached hydrogens (tertiary/aromatic N) is 5. The topological polar surface area (TPSA) is 70.1 Å². The Labute approximate surface area is 168 Å². The molecule has 0 spiro atoms. The predicted octanol–water partition coefficient (Wildman–Crippen LogP) is 2.41. The second-order valence-electron chi connectivity index (χ2n) is 8.18. The fourth-order valence-electron chi connectivity index (χ4n) is 4.61. The van der Waals surface area contributed by atoms with Crippen LogP contribution in [0.25, 0.3) is 10.9 Å². The fraction of sp³-hybridized carbons (Fsp3) is 0.476. The number of aromatic nitrogens is 4. The zero-order chi connectivity index (χ0) is 20.0. The molecule has 4 heterocycles. The molecule has 1 amide bonds. The summed E-state index contributed by atoms with van der Waals surface area (Å²) in [7, 11) is 2.15. The van der Waals surface area contributed by atoms with Gasteiger partial charge in [-0.2, -0.15) is 0 Å². The maximum absolute atomic E-state index is 13.5. The van der Waals surface area contributed by atoms with Crippen molar-refractivity contribution in [1.82, 2.24) is 29.5 Å². The van der Waals surface area contributed by atoms with Crippen molar-refractivity contribution in [2.24, 2.45) is 0 Å². The number of fused-ring (bicyclic) bond motifs is 2. The van der Waals surface area contributed by atoms with Gasteiger partial charge in [-0.25, -0.2) is 4.39 Å². The molecular formula is C21H25FN6O. The number of likely N-dealkylation sites (tertiary alicyclic amines) is 1. The lowest BCUT2D eigenvalue weighted by Crippen LogP contribution is -2.34. The standard InChI is InChI=1S/C21H25FN6O/c1-26-7-2-3-15(13-26)20-25-24-19-6-8-27(9-10-28(19)20)21(29)18-11-14-4-5-16(22)12-17(14)23-18/h4-5,11-12,15,23H,2-3,6-10,13H2,1H3/t15-/m0/s1. The number of benzene rings is 1. The summed E-state index contributed by atoms with van der Waals surface area (Å²) in [4.78, 5) is 20.3. The summed E-state index contributed by atoms with van der Waals surface area (Å²) < 4.78 is 15.7. The van der Waals surface area contributed by atoms with E-state index in [1.165, 1.54) is 18.6 Å². The Bertz CT molecular complexity index is 1060. The Kier molecular flexibility index (Phi) is 4.58. The number of nitrogens with one attached hydrogen (secondary N) is 1. The van der Waals surface area contributed by atoms with Crippen molar-refractivity contribution in [2.75, 3.05) is 33.2 Å². The van der Waals surface area contributed by atoms with Crippen LogP contribution in [-0.4, -0.2) is 68.7 Å². The van der Waals surface area contributed by atoms with Crippen molar-refractivity contribution in [3.8, 4) is 0 Å². The first-order chi connectivity index (χ1) is 14.1. The van der Waals surface area contributed by atoms with Gasteiger partial charge in [0.2, 0.25) is 0 Å². The molecule has 1 fully saturated rings. The van der Waals surface area contributed by atoms with Gasteiger partial charge in [-0.15, -0.1) is 10.2 Å². The molecule has 29 heavy (non-hydrogen) atoms. The van der Waals surface area contributed by atoms with E-state index in [0.29, 0.717) is 43.2 Å². The maximum atomic E-state index is 13.5. The Morgan fingerprint density at radius 2 is 2.07 bits per heavy atom. The van der Waals surface area contributed by atoms with Crippen LogP contribution in [-0.2, 0) is 13.0 Å². The minimum atomic E-state index is -0.313. The largest absolute Gasteiger partial charge is 0.350 e. The van der Waals surface area contributed by atoms with Gasteiger partial charge in [0.1, 0.15) is 23.2 Å². The lowest BCUT2D eigenvalue weighted by Gasteiger charge is -2.29. The monoisotopic (exact) mass is 396 g/mol. The molecule has 1 aromatic carbocycles. The summed E-state index contributed by atoms with van der Waals surface area (Å²) in [6.45, 7) is 4.06. The molecular weight excluding hydrogens is 371 g/mol. The summed E-state index contributed by atoms with van der Waals surface area (Å²) in [5, 5.41) is 9.78. The number of piperidine rings is 1. The molecule has 5 rings (SSSR count). The number of carbonyl (C=O) groups excluding carboxylic acids is 1. The first-order valence-corrected chi connectivity index (χ1v) is 10.3. The molecule has 0 saturated carbocycles. The Morgan fingerprint density at radius 1 is 1.17 bits per heavy atom. The van der Waals surface area contributed by atoms with Gasteiger partial charge in [0, 0.05) is 49.4 Å². The van der Waals surface area contributed by atoms with Gasteiger partial charge >= 0.3 is 0 Å². The summed E-state index contributed by atoms with van der Waals surface area (Å²) in [5.41, 5.74) is 1.14. The highest BCUT2D eigenvalue weighted by Gasteiger charge is 2.28. The van der Waals surface area contributed by atoms with Crippen LogP contribution in [0.5, 0.6) is 0 Å². The third kappa shape index (κ3) is 3.42. The predicted molar refractivity (Wildman–Crippen MR) is 107 cm³/mol. The minimum Gasteiger partial charge on any atom is -0.350 e. The van der Waals surface area contributed by atoms with E-state index in [1.54, 1.807) is 12.1 Å². The van der Waals surface area contributed by atoms with Crippen LogP contribution in [0.4, 0.5) is 4.39 Å². The average molecular weight is 396 g/mol. The normalized spacial score (nSPS) is 20.6. The van der Waals surface area contributed by atoms with E-state index in [-0.39, 0.29) is 11.7 Å². The lowest BCUT2D eigenvalue weighted by atomic mass is 9.97. The number of H-pyrrole nitrogens is 1. The van der Waals surface area contributed by atoms with E-state index >= 15 is 0 Å². The molecule has 7 nitrogen and oxygen atoms in total. The van der Waals surface area contributed by atoms with Crippen molar-refractivity contribution in [3.63, 3.8) is 0 Å². The first kappa shape index (κ1) is 18.3. The molecule has 2 aromatic heterocycles. The van der Waals surface area contributed by atoms with Gasteiger partial charge in [-0.05, 0) is 50.7 Å². The molecule has 1 saturated heterocycles. The third-order valence-electron chi connectivity index (χ3n) is 6.15. The van der Waals surface area contributed by atoms with Crippen molar-refractivity contribution in [3.05, 3.63) is 47.4 Å². The molecule has 1 N–H and O–H groups in total. The molecule has 1 atom stereocenters. The number of hydrogen-bond donors (Lipinski definition) is 1. The number of carbonyl (C=O) groups is 1. The number of rotatable bonds is 2. The summed E-state index contributed by atoms with van der Waals surface area (Å²) in [6, 6.07) is 6.32. The van der Waals surface area contributed by atoms with Crippen molar-refractivity contribution in [1.29, 1.82) is 0 Å². The molecule has 3 aromatic rings. The van der Waals surface area contributed by atoms with Crippen LogP contribution < -0.4 is 0 Å². The smallest absolute Gasteiger partial charge is 0.270 e. The van der Waals surface area contributed by atoms with E-state index in [4.69, 9.17) is 0 Å². The minimum absolute atomic E-state index is 0.0562. The van der Waals surface area contributed by atoms with E-state index in [1.807, 2.05) is 4.90 Å². The van der Waals surface area contributed by atoms with Crippen LogP contribution in [0.1, 0.15) is 40.9 Å². The van der Waals surface area contributed by atoms with E-state index in [0.717, 1.165) is 36.5 Å². The highest BCUT2D eigenvalue weighted by Crippen LogP contribution is 2.26. The zero-order valence-corrected chi connectivity index (χ0v) is 16.6. The molecule has 2 aliphatic heterocycles. The number of halogens is 1. The zero-order valence-electron chi connectivity index (χ0n) is 16.6. The van der Waals surface area contributed by atoms with Crippen molar-refractivity contribution < 1.29 is 9.18 Å². The number of aromatic amines is 1. The molecule has 2 aliphatic rings. The molecule has 0 bridgehead atoms. The summed E-state index contributed by atoms with van der Waals surface area (Å²) in [6.07, 6.45) is 3.00. The number of hydrogen-bond acceptors (Lipinski definition) is 4. The number of likely N-dealkylation sites (N-methyl/N-ethyl adjacent to an activating group) is 1. The van der Waals surface area contributed by atoms with Crippen LogP contribution in [0.3, 0.4) is 0 Å². The molecule has 0 radical (unpaired) electrons. The summed E-state index contributed by atoms with van der Waals surface area (Å²) in [5.74, 6) is 2.05. The highest BCUT2D eigenvalue weighted by molar-refractivity contribution is 5.98. The van der Waals surface area contributed by atoms with Gasteiger partial charge in [0.25, 0.3) is 5.91 Å². The fourth-order valence-corrected chi connectivity index (χ4v) is 4.61. The van der Waals surface area contributed by atoms with E-state index in [9.17, 15) is 9.18 Å². The maximum Gasteiger partial charge on any atom is 0.270 e. The number of amides is 1. The second-order valence-corrected chi connectivity index (χ2v) is 8.18. The second kappa shape index (κ2) is 7.26. The Hall–Kier alpha value is -2.74. The third-order valence-corrected chi connectivity index (χ3v) is 6.15. The Balaban J connectivity index is 1.34. The van der Waals surface area contributed by atoms with Crippen LogP contribution in [0, 0.1) is 5.82 Å². The quantitative estimate of drug-likeness (QED) is 0.722. The van der Waals surface area contributed by atoms with Gasteiger partial charge in [-0.1, -0.05) is 0 Å². The Morgan fingerprint density at radius 3 is 2.93 bits per heavy atom. The van der Waals surface area contributed by atoms with Crippen molar-refractivity contribution in [2.45, 2.75) is 31.7 Å². The van der Waals surface area contributed by atoms with Gasteiger partial charge < -0.3 is 19.4 Å². The summed E-state index contributed by atoms with van der Waals surface area (Å²) >= 11 is 0. The van der Waals surface area contributed by atoms with Crippen LogP contribution in [0.2, 0.25) is 0 Å². The first-order valence-electron chi connectivity index (χ1n) is 10.3. The van der Waals surface area contributed by atoms with Crippen molar-refractivity contribution >= 4 is 16.8 Å². The molecule has 0 unspecified atom stereocenters. The van der Waals surface area contributed by atoms with Gasteiger partial charge in [0.15, 0.2) is 0 Å². The molecule has 8 heteroatoms. The van der Waals surface area contributed by atoms with E-state index < -0.39 is 0 Å². The van der Waals surface area contributed by atoms with Gasteiger partial charge in [-0.3, -0.25) is 4.79 Å². The van der Waals surface area contributed by atoms with E-state index in [2.05, 4.69) is 31.7 Å². The van der Waals surface area contributed by atoms with Crippen LogP contribution in [0.15, 0.2) is 24.3 Å².